The van der Waals surface area contributed by atoms with Crippen molar-refractivity contribution < 1.29 is 4.79 Å². The normalized spacial score (nSPS) is 24.6. The zero-order chi connectivity index (χ0) is 13.9. The molecule has 1 amide bonds. The van der Waals surface area contributed by atoms with E-state index in [0.29, 0.717) is 13.0 Å². The van der Waals surface area contributed by atoms with Gasteiger partial charge in [0.05, 0.1) is 5.92 Å². The predicted octanol–water partition coefficient (Wildman–Crippen LogP) is 1.22. The van der Waals surface area contributed by atoms with E-state index in [2.05, 4.69) is 15.5 Å². The van der Waals surface area contributed by atoms with Crippen LogP contribution in [0.1, 0.15) is 38.4 Å². The van der Waals surface area contributed by atoms with Crippen molar-refractivity contribution in [3.8, 4) is 0 Å². The van der Waals surface area contributed by atoms with Crippen molar-refractivity contribution in [2.75, 3.05) is 6.54 Å². The highest BCUT2D eigenvalue weighted by Crippen LogP contribution is 2.31. The molecule has 1 aliphatic rings. The van der Waals surface area contributed by atoms with Gasteiger partial charge < -0.3 is 15.6 Å². The third-order valence-electron chi connectivity index (χ3n) is 4.02. The lowest BCUT2D eigenvalue weighted by Gasteiger charge is -2.37. The Hall–Kier alpha value is -0.850. The van der Waals surface area contributed by atoms with Crippen LogP contribution in [0.3, 0.4) is 0 Å². The number of amides is 1. The van der Waals surface area contributed by atoms with Crippen LogP contribution >= 0.6 is 24.8 Å². The Balaban J connectivity index is 0.00000200. The van der Waals surface area contributed by atoms with E-state index in [1.54, 1.807) is 6.33 Å². The van der Waals surface area contributed by atoms with E-state index in [9.17, 15) is 4.79 Å². The van der Waals surface area contributed by atoms with Gasteiger partial charge in [0, 0.05) is 25.6 Å². The van der Waals surface area contributed by atoms with Crippen molar-refractivity contribution in [2.24, 2.45) is 18.7 Å². The van der Waals surface area contributed by atoms with Gasteiger partial charge in [-0.05, 0) is 19.8 Å². The first-order valence-electron chi connectivity index (χ1n) is 6.90. The molecule has 1 heterocycles. The Kier molecular flexibility index (Phi) is 8.21. The van der Waals surface area contributed by atoms with Crippen LogP contribution < -0.4 is 11.1 Å². The van der Waals surface area contributed by atoms with E-state index < -0.39 is 0 Å². The minimum atomic E-state index is -0.368. The fraction of sp³-hybridized carbons (Fsp3) is 0.769. The number of aromatic nitrogens is 3. The van der Waals surface area contributed by atoms with E-state index in [1.165, 1.54) is 0 Å². The van der Waals surface area contributed by atoms with Crippen LogP contribution in [-0.2, 0) is 18.3 Å². The van der Waals surface area contributed by atoms with Crippen LogP contribution in [0.4, 0.5) is 0 Å². The third kappa shape index (κ3) is 5.13. The van der Waals surface area contributed by atoms with Crippen molar-refractivity contribution in [3.63, 3.8) is 0 Å². The van der Waals surface area contributed by atoms with Crippen molar-refractivity contribution >= 4 is 30.7 Å². The fourth-order valence-electron chi connectivity index (χ4n) is 2.74. The molecule has 1 saturated carbocycles. The first kappa shape index (κ1) is 20.1. The SMILES string of the molecule is Cl.Cl.Cn1cnnc1CCNC(=O)C1CCCCC1(C)N. The lowest BCUT2D eigenvalue weighted by atomic mass is 9.74. The summed E-state index contributed by atoms with van der Waals surface area (Å²) < 4.78 is 1.86. The molecule has 122 valence electrons. The van der Waals surface area contributed by atoms with E-state index in [-0.39, 0.29) is 42.2 Å². The largest absolute Gasteiger partial charge is 0.355 e. The Morgan fingerprint density at radius 3 is 2.81 bits per heavy atom. The quantitative estimate of drug-likeness (QED) is 0.864. The van der Waals surface area contributed by atoms with Crippen molar-refractivity contribution in [2.45, 2.75) is 44.6 Å². The second-order valence-electron chi connectivity index (χ2n) is 5.70. The van der Waals surface area contributed by atoms with Gasteiger partial charge >= 0.3 is 0 Å². The number of halogens is 2. The van der Waals surface area contributed by atoms with Crippen LogP contribution in [0.5, 0.6) is 0 Å². The topological polar surface area (TPSA) is 85.8 Å². The first-order valence-corrected chi connectivity index (χ1v) is 6.90. The van der Waals surface area contributed by atoms with Crippen LogP contribution in [0, 0.1) is 5.92 Å². The van der Waals surface area contributed by atoms with E-state index in [1.807, 2.05) is 18.5 Å². The number of rotatable bonds is 4. The first-order chi connectivity index (χ1) is 9.00. The van der Waals surface area contributed by atoms with Gasteiger partial charge in [-0.25, -0.2) is 0 Å². The molecular weight excluding hydrogens is 313 g/mol. The second kappa shape index (κ2) is 8.56. The number of nitrogens with zero attached hydrogens (tertiary/aromatic N) is 3. The highest BCUT2D eigenvalue weighted by molar-refractivity contribution is 5.85. The maximum Gasteiger partial charge on any atom is 0.224 e. The van der Waals surface area contributed by atoms with Gasteiger partial charge in [-0.3, -0.25) is 4.79 Å². The Morgan fingerprint density at radius 1 is 1.52 bits per heavy atom. The van der Waals surface area contributed by atoms with Gasteiger partial charge in [0.1, 0.15) is 12.2 Å². The molecule has 0 spiro atoms. The van der Waals surface area contributed by atoms with Crippen molar-refractivity contribution in [1.29, 1.82) is 0 Å². The van der Waals surface area contributed by atoms with Gasteiger partial charge in [-0.15, -0.1) is 35.0 Å². The molecule has 1 aliphatic carbocycles. The Morgan fingerprint density at radius 2 is 2.24 bits per heavy atom. The lowest BCUT2D eigenvalue weighted by Crippen LogP contribution is -2.53. The summed E-state index contributed by atoms with van der Waals surface area (Å²) in [7, 11) is 1.90. The number of nitrogens with one attached hydrogen (secondary N) is 1. The summed E-state index contributed by atoms with van der Waals surface area (Å²) in [5.74, 6) is 0.882. The number of hydrogen-bond acceptors (Lipinski definition) is 4. The molecule has 21 heavy (non-hydrogen) atoms. The molecule has 0 bridgehead atoms. The van der Waals surface area contributed by atoms with Gasteiger partial charge in [0.2, 0.25) is 5.91 Å². The predicted molar refractivity (Wildman–Crippen MR) is 86.8 cm³/mol. The monoisotopic (exact) mass is 337 g/mol. The number of carbonyl (C=O) groups is 1. The zero-order valence-corrected chi connectivity index (χ0v) is 14.2. The molecule has 3 N–H and O–H groups in total. The maximum absolute atomic E-state index is 12.2. The number of hydrogen-bond donors (Lipinski definition) is 2. The maximum atomic E-state index is 12.2. The lowest BCUT2D eigenvalue weighted by molar-refractivity contribution is -0.128. The van der Waals surface area contributed by atoms with Crippen LogP contribution in [-0.4, -0.2) is 32.8 Å². The zero-order valence-electron chi connectivity index (χ0n) is 12.5. The van der Waals surface area contributed by atoms with Crippen LogP contribution in [0.15, 0.2) is 6.33 Å². The molecule has 6 nitrogen and oxygen atoms in total. The summed E-state index contributed by atoms with van der Waals surface area (Å²) in [6.45, 7) is 2.57. The molecule has 0 saturated heterocycles. The summed E-state index contributed by atoms with van der Waals surface area (Å²) in [4.78, 5) is 12.2. The van der Waals surface area contributed by atoms with E-state index >= 15 is 0 Å². The van der Waals surface area contributed by atoms with Gasteiger partial charge in [-0.1, -0.05) is 12.8 Å². The molecule has 8 heteroatoms. The number of nitrogens with two attached hydrogens (primary N) is 1. The van der Waals surface area contributed by atoms with Gasteiger partial charge in [0.25, 0.3) is 0 Å². The fourth-order valence-corrected chi connectivity index (χ4v) is 2.74. The molecular formula is C13H25Cl2N5O. The summed E-state index contributed by atoms with van der Waals surface area (Å²) in [5.41, 5.74) is 5.86. The van der Waals surface area contributed by atoms with Crippen LogP contribution in [0.25, 0.3) is 0 Å². The third-order valence-corrected chi connectivity index (χ3v) is 4.02. The molecule has 2 unspecified atom stereocenters. The average Bonchev–Trinajstić information content (AvgIpc) is 2.74. The molecule has 1 aromatic rings. The summed E-state index contributed by atoms with van der Waals surface area (Å²) in [5, 5.41) is 10.8. The molecule has 1 fully saturated rings. The standard InChI is InChI=1S/C13H23N5O.2ClH/c1-13(14)7-4-3-5-10(13)12(19)15-8-6-11-17-16-9-18(11)2;;/h9-10H,3-8,14H2,1-2H3,(H,15,19);2*1H. The summed E-state index contributed by atoms with van der Waals surface area (Å²) in [6.07, 6.45) is 6.38. The highest BCUT2D eigenvalue weighted by Gasteiger charge is 2.37. The summed E-state index contributed by atoms with van der Waals surface area (Å²) >= 11 is 0. The molecule has 0 radical (unpaired) electrons. The summed E-state index contributed by atoms with van der Waals surface area (Å²) in [6, 6.07) is 0. The molecule has 2 atom stereocenters. The molecule has 0 aromatic carbocycles. The number of carbonyl (C=O) groups excluding carboxylic acids is 1. The van der Waals surface area contributed by atoms with Gasteiger partial charge in [-0.2, -0.15) is 0 Å². The van der Waals surface area contributed by atoms with E-state index in [0.717, 1.165) is 31.5 Å². The minimum Gasteiger partial charge on any atom is -0.355 e. The molecule has 1 aromatic heterocycles. The van der Waals surface area contributed by atoms with Crippen LogP contribution in [0.2, 0.25) is 0 Å². The smallest absolute Gasteiger partial charge is 0.224 e. The molecule has 2 rings (SSSR count). The minimum absolute atomic E-state index is 0. The second-order valence-corrected chi connectivity index (χ2v) is 5.70. The Labute approximate surface area is 138 Å². The van der Waals surface area contributed by atoms with Gasteiger partial charge in [0.15, 0.2) is 0 Å². The highest BCUT2D eigenvalue weighted by atomic mass is 35.5. The van der Waals surface area contributed by atoms with Crippen molar-refractivity contribution in [1.82, 2.24) is 20.1 Å². The number of aryl methyl sites for hydroxylation is 1. The average molecular weight is 338 g/mol. The molecule has 0 aliphatic heterocycles. The Bertz CT molecular complexity index is 450. The van der Waals surface area contributed by atoms with Crippen molar-refractivity contribution in [3.05, 3.63) is 12.2 Å². The van der Waals surface area contributed by atoms with E-state index in [4.69, 9.17) is 5.73 Å².